The van der Waals surface area contributed by atoms with Gasteiger partial charge in [0.15, 0.2) is 0 Å². The Morgan fingerprint density at radius 1 is 1.20 bits per heavy atom. The predicted octanol–water partition coefficient (Wildman–Crippen LogP) is 3.54. The molecule has 1 aliphatic carbocycles. The lowest BCUT2D eigenvalue weighted by Gasteiger charge is -2.27. The van der Waals surface area contributed by atoms with Crippen molar-refractivity contribution in [3.8, 4) is 0 Å². The van der Waals surface area contributed by atoms with Crippen LogP contribution in [0.1, 0.15) is 59.3 Å². The van der Waals surface area contributed by atoms with Crippen LogP contribution in [0.3, 0.4) is 0 Å². The molecular weight excluding hydrogens is 188 g/mol. The van der Waals surface area contributed by atoms with Crippen LogP contribution in [-0.4, -0.2) is 12.1 Å². The monoisotopic (exact) mass is 212 g/mol. The first-order valence-electron chi connectivity index (χ1n) is 6.29. The molecule has 0 aromatic carbocycles. The number of rotatable bonds is 4. The fourth-order valence-corrected chi connectivity index (χ4v) is 2.29. The van der Waals surface area contributed by atoms with E-state index < -0.39 is 0 Å². The lowest BCUT2D eigenvalue weighted by molar-refractivity contribution is -0.152. The molecule has 0 saturated heterocycles. The number of esters is 1. The van der Waals surface area contributed by atoms with Gasteiger partial charge in [0.25, 0.3) is 0 Å². The lowest BCUT2D eigenvalue weighted by Crippen LogP contribution is -2.26. The van der Waals surface area contributed by atoms with Crippen LogP contribution < -0.4 is 0 Å². The summed E-state index contributed by atoms with van der Waals surface area (Å²) in [6.45, 7) is 6.15. The summed E-state index contributed by atoms with van der Waals surface area (Å²) in [4.78, 5) is 11.5. The van der Waals surface area contributed by atoms with Crippen molar-refractivity contribution >= 4 is 5.97 Å². The van der Waals surface area contributed by atoms with Crippen LogP contribution in [0.5, 0.6) is 0 Å². The molecule has 1 aliphatic rings. The van der Waals surface area contributed by atoms with Gasteiger partial charge in [-0.2, -0.15) is 0 Å². The van der Waals surface area contributed by atoms with Gasteiger partial charge in [0.05, 0.1) is 0 Å². The molecule has 0 N–H and O–H groups in total. The van der Waals surface area contributed by atoms with Crippen LogP contribution >= 0.6 is 0 Å². The van der Waals surface area contributed by atoms with Gasteiger partial charge in [0.2, 0.25) is 0 Å². The van der Waals surface area contributed by atoms with E-state index in [1.165, 1.54) is 32.1 Å². The van der Waals surface area contributed by atoms with Crippen LogP contribution in [0.4, 0.5) is 0 Å². The van der Waals surface area contributed by atoms with Gasteiger partial charge in [0, 0.05) is 6.42 Å². The Morgan fingerprint density at radius 3 is 2.33 bits per heavy atom. The Labute approximate surface area is 93.4 Å². The zero-order valence-electron chi connectivity index (χ0n) is 10.3. The highest BCUT2D eigenvalue weighted by molar-refractivity contribution is 5.69. The summed E-state index contributed by atoms with van der Waals surface area (Å²) in [7, 11) is 0. The molecule has 0 aromatic heterocycles. The molecular formula is C13H24O2. The second kappa shape index (κ2) is 6.14. The summed E-state index contributed by atoms with van der Waals surface area (Å²) < 4.78 is 5.46. The molecule has 88 valence electrons. The molecule has 0 aliphatic heterocycles. The lowest BCUT2D eigenvalue weighted by atomic mass is 9.86. The molecule has 0 aromatic rings. The Bertz CT molecular complexity index is 193. The fourth-order valence-electron chi connectivity index (χ4n) is 2.29. The van der Waals surface area contributed by atoms with Crippen molar-refractivity contribution in [1.82, 2.24) is 0 Å². The molecule has 0 bridgehead atoms. The molecule has 1 unspecified atom stereocenters. The summed E-state index contributed by atoms with van der Waals surface area (Å²) in [6.07, 6.45) is 7.09. The smallest absolute Gasteiger partial charge is 0.306 e. The minimum atomic E-state index is -0.0249. The number of carbonyl (C=O) groups excluding carboxylic acids is 1. The molecule has 0 spiro atoms. The summed E-state index contributed by atoms with van der Waals surface area (Å²) >= 11 is 0. The van der Waals surface area contributed by atoms with E-state index in [2.05, 4.69) is 0 Å². The average molecular weight is 212 g/mol. The second-order valence-corrected chi connectivity index (χ2v) is 5.19. The van der Waals surface area contributed by atoms with Crippen LogP contribution in [0, 0.1) is 11.8 Å². The minimum absolute atomic E-state index is 0.0249. The van der Waals surface area contributed by atoms with Crippen molar-refractivity contribution in [1.29, 1.82) is 0 Å². The van der Waals surface area contributed by atoms with E-state index in [-0.39, 0.29) is 12.1 Å². The van der Waals surface area contributed by atoms with E-state index in [1.54, 1.807) is 0 Å². The SMILES string of the molecule is CC(C)CC(=O)OC(C)C1CCCCC1. The maximum Gasteiger partial charge on any atom is 0.306 e. The van der Waals surface area contributed by atoms with Gasteiger partial charge in [-0.1, -0.05) is 33.1 Å². The first kappa shape index (κ1) is 12.5. The zero-order valence-corrected chi connectivity index (χ0v) is 10.3. The van der Waals surface area contributed by atoms with Crippen LogP contribution in [0.15, 0.2) is 0 Å². The molecule has 1 fully saturated rings. The summed E-state index contributed by atoms with van der Waals surface area (Å²) in [6, 6.07) is 0. The normalized spacial score (nSPS) is 20.3. The Balaban J connectivity index is 2.27. The van der Waals surface area contributed by atoms with Gasteiger partial charge in [-0.15, -0.1) is 0 Å². The van der Waals surface area contributed by atoms with Gasteiger partial charge in [-0.25, -0.2) is 0 Å². The fraction of sp³-hybridized carbons (Fsp3) is 0.923. The Kier molecular flexibility index (Phi) is 5.13. The molecule has 0 heterocycles. The maximum absolute atomic E-state index is 11.5. The molecule has 1 atom stereocenters. The van der Waals surface area contributed by atoms with Crippen molar-refractivity contribution in [2.75, 3.05) is 0 Å². The largest absolute Gasteiger partial charge is 0.462 e. The molecule has 1 rings (SSSR count). The van der Waals surface area contributed by atoms with Gasteiger partial charge < -0.3 is 4.74 Å². The molecule has 2 heteroatoms. The Hall–Kier alpha value is -0.530. The third-order valence-electron chi connectivity index (χ3n) is 3.21. The van der Waals surface area contributed by atoms with E-state index >= 15 is 0 Å². The molecule has 0 amide bonds. The third kappa shape index (κ3) is 4.67. The second-order valence-electron chi connectivity index (χ2n) is 5.19. The highest BCUT2D eigenvalue weighted by atomic mass is 16.5. The summed E-state index contributed by atoms with van der Waals surface area (Å²) in [5.74, 6) is 0.981. The topological polar surface area (TPSA) is 26.3 Å². The first-order chi connectivity index (χ1) is 7.09. The van der Waals surface area contributed by atoms with Gasteiger partial charge >= 0.3 is 5.97 Å². The highest BCUT2D eigenvalue weighted by Crippen LogP contribution is 2.28. The quantitative estimate of drug-likeness (QED) is 0.666. The van der Waals surface area contributed by atoms with Gasteiger partial charge in [-0.3, -0.25) is 4.79 Å². The van der Waals surface area contributed by atoms with Crippen molar-refractivity contribution in [2.45, 2.75) is 65.4 Å². The standard InChI is InChI=1S/C13H24O2/c1-10(2)9-13(14)15-11(3)12-7-5-4-6-8-12/h10-12H,4-9H2,1-3H3. The van der Waals surface area contributed by atoms with E-state index in [4.69, 9.17) is 4.74 Å². The molecule has 2 nitrogen and oxygen atoms in total. The van der Waals surface area contributed by atoms with E-state index in [9.17, 15) is 4.79 Å². The van der Waals surface area contributed by atoms with Crippen LogP contribution in [0.2, 0.25) is 0 Å². The third-order valence-corrected chi connectivity index (χ3v) is 3.21. The van der Waals surface area contributed by atoms with Gasteiger partial charge in [-0.05, 0) is 31.6 Å². The maximum atomic E-state index is 11.5. The number of carbonyl (C=O) groups is 1. The predicted molar refractivity (Wildman–Crippen MR) is 61.6 cm³/mol. The van der Waals surface area contributed by atoms with E-state index in [1.807, 2.05) is 20.8 Å². The summed E-state index contributed by atoms with van der Waals surface area (Å²) in [5, 5.41) is 0. The molecule has 0 radical (unpaired) electrons. The average Bonchev–Trinajstić information content (AvgIpc) is 2.17. The highest BCUT2D eigenvalue weighted by Gasteiger charge is 2.23. The Morgan fingerprint density at radius 2 is 1.80 bits per heavy atom. The molecule has 1 saturated carbocycles. The zero-order chi connectivity index (χ0) is 11.3. The van der Waals surface area contributed by atoms with Crippen molar-refractivity contribution < 1.29 is 9.53 Å². The van der Waals surface area contributed by atoms with E-state index in [0.29, 0.717) is 18.3 Å². The van der Waals surface area contributed by atoms with Crippen molar-refractivity contribution in [3.63, 3.8) is 0 Å². The number of hydrogen-bond acceptors (Lipinski definition) is 2. The summed E-state index contributed by atoms with van der Waals surface area (Å²) in [5.41, 5.74) is 0. The van der Waals surface area contributed by atoms with Crippen molar-refractivity contribution in [3.05, 3.63) is 0 Å². The minimum Gasteiger partial charge on any atom is -0.462 e. The van der Waals surface area contributed by atoms with Crippen LogP contribution in [-0.2, 0) is 9.53 Å². The van der Waals surface area contributed by atoms with Crippen molar-refractivity contribution in [2.24, 2.45) is 11.8 Å². The number of hydrogen-bond donors (Lipinski definition) is 0. The molecule has 15 heavy (non-hydrogen) atoms. The van der Waals surface area contributed by atoms with Gasteiger partial charge in [0.1, 0.15) is 6.10 Å². The number of ether oxygens (including phenoxy) is 1. The first-order valence-corrected chi connectivity index (χ1v) is 6.29. The van der Waals surface area contributed by atoms with E-state index in [0.717, 1.165) is 0 Å². The van der Waals surface area contributed by atoms with Crippen LogP contribution in [0.25, 0.3) is 0 Å².